The zero-order valence-corrected chi connectivity index (χ0v) is 20.0. The number of carbonyl (C=O) groups excluding carboxylic acids is 1. The van der Waals surface area contributed by atoms with Crippen LogP contribution in [0.5, 0.6) is 11.5 Å². The van der Waals surface area contributed by atoms with Crippen LogP contribution in [0.15, 0.2) is 66.2 Å². The van der Waals surface area contributed by atoms with Gasteiger partial charge in [0.25, 0.3) is 11.6 Å². The summed E-state index contributed by atoms with van der Waals surface area (Å²) in [7, 11) is 0. The summed E-state index contributed by atoms with van der Waals surface area (Å²) in [5, 5.41) is 23.8. The number of ether oxygens (including phenoxy) is 2. The normalized spacial score (nSPS) is 10.9. The van der Waals surface area contributed by atoms with Crippen molar-refractivity contribution in [3.63, 3.8) is 0 Å². The number of hydrogen-bond donors (Lipinski definition) is 1. The standard InChI is InChI=1S/C25H19Cl2N3O5/c1-2-34-23-13-17(10-18(14-28)25(31)29-20-8-6-19(26)7-9-20)12-22(27)24(23)35-15-16-4-3-5-21(11-16)30(32)33/h3-13H,2,15H2,1H3,(H,29,31)/b18-10+. The topological polar surface area (TPSA) is 114 Å². The molecule has 0 atom stereocenters. The molecule has 0 aliphatic carbocycles. The lowest BCUT2D eigenvalue weighted by molar-refractivity contribution is -0.384. The van der Waals surface area contributed by atoms with Gasteiger partial charge >= 0.3 is 0 Å². The largest absolute Gasteiger partial charge is 0.490 e. The van der Waals surface area contributed by atoms with Gasteiger partial charge < -0.3 is 14.8 Å². The van der Waals surface area contributed by atoms with Crippen molar-refractivity contribution in [2.45, 2.75) is 13.5 Å². The summed E-state index contributed by atoms with van der Waals surface area (Å²) in [4.78, 5) is 23.1. The molecular formula is C25H19Cl2N3O5. The molecule has 0 saturated carbocycles. The number of nitriles is 1. The van der Waals surface area contributed by atoms with Crippen LogP contribution < -0.4 is 14.8 Å². The molecule has 3 aromatic carbocycles. The van der Waals surface area contributed by atoms with E-state index >= 15 is 0 Å². The maximum atomic E-state index is 12.6. The number of halogens is 2. The quantitative estimate of drug-likeness (QED) is 0.153. The molecular weight excluding hydrogens is 493 g/mol. The summed E-state index contributed by atoms with van der Waals surface area (Å²) in [6.45, 7) is 2.10. The van der Waals surface area contributed by atoms with Crippen LogP contribution in [0.2, 0.25) is 10.0 Å². The number of nitro groups is 1. The van der Waals surface area contributed by atoms with Gasteiger partial charge in [0.1, 0.15) is 18.2 Å². The Kier molecular flexibility index (Phi) is 8.68. The van der Waals surface area contributed by atoms with Crippen LogP contribution in [0.25, 0.3) is 6.08 Å². The third-order valence-electron chi connectivity index (χ3n) is 4.61. The summed E-state index contributed by atoms with van der Waals surface area (Å²) >= 11 is 12.3. The SMILES string of the molecule is CCOc1cc(/C=C(\C#N)C(=O)Nc2ccc(Cl)cc2)cc(Cl)c1OCc1cccc([N+](=O)[O-])c1. The molecule has 3 aromatic rings. The Morgan fingerprint density at radius 3 is 2.54 bits per heavy atom. The highest BCUT2D eigenvalue weighted by Crippen LogP contribution is 2.38. The lowest BCUT2D eigenvalue weighted by atomic mass is 10.1. The van der Waals surface area contributed by atoms with Gasteiger partial charge in [0.05, 0.1) is 16.6 Å². The van der Waals surface area contributed by atoms with Gasteiger partial charge in [-0.2, -0.15) is 5.26 Å². The van der Waals surface area contributed by atoms with Gasteiger partial charge in [0, 0.05) is 22.8 Å². The molecule has 0 bridgehead atoms. The predicted molar refractivity (Wildman–Crippen MR) is 134 cm³/mol. The van der Waals surface area contributed by atoms with E-state index in [9.17, 15) is 20.2 Å². The van der Waals surface area contributed by atoms with Crippen molar-refractivity contribution in [3.05, 3.63) is 97.5 Å². The molecule has 0 heterocycles. The van der Waals surface area contributed by atoms with Gasteiger partial charge in [-0.15, -0.1) is 0 Å². The van der Waals surface area contributed by atoms with Crippen LogP contribution in [0.4, 0.5) is 11.4 Å². The van der Waals surface area contributed by atoms with Crippen LogP contribution in [-0.2, 0) is 11.4 Å². The van der Waals surface area contributed by atoms with Gasteiger partial charge in [-0.1, -0.05) is 35.3 Å². The van der Waals surface area contributed by atoms with E-state index in [2.05, 4.69) is 5.32 Å². The average molecular weight is 512 g/mol. The monoisotopic (exact) mass is 511 g/mol. The number of carbonyl (C=O) groups is 1. The number of nitrogens with zero attached hydrogens (tertiary/aromatic N) is 2. The molecule has 1 N–H and O–H groups in total. The van der Waals surface area contributed by atoms with E-state index in [1.165, 1.54) is 24.3 Å². The highest BCUT2D eigenvalue weighted by Gasteiger charge is 2.16. The van der Waals surface area contributed by atoms with Crippen LogP contribution in [-0.4, -0.2) is 17.4 Å². The molecule has 0 aliphatic heterocycles. The number of non-ortho nitro benzene ring substituents is 1. The predicted octanol–water partition coefficient (Wildman–Crippen LogP) is 6.42. The molecule has 0 fully saturated rings. The van der Waals surface area contributed by atoms with Gasteiger partial charge in [0.15, 0.2) is 11.5 Å². The first-order chi connectivity index (χ1) is 16.8. The van der Waals surface area contributed by atoms with Gasteiger partial charge in [-0.3, -0.25) is 14.9 Å². The molecule has 0 spiro atoms. The Morgan fingerprint density at radius 1 is 1.14 bits per heavy atom. The van der Waals surface area contributed by atoms with Gasteiger partial charge in [-0.05, 0) is 60.5 Å². The van der Waals surface area contributed by atoms with E-state index in [4.69, 9.17) is 32.7 Å². The molecule has 0 unspecified atom stereocenters. The molecule has 178 valence electrons. The van der Waals surface area contributed by atoms with Crippen LogP contribution in [0.1, 0.15) is 18.1 Å². The fourth-order valence-electron chi connectivity index (χ4n) is 3.04. The molecule has 10 heteroatoms. The van der Waals surface area contributed by atoms with E-state index in [1.54, 1.807) is 49.4 Å². The van der Waals surface area contributed by atoms with E-state index in [0.717, 1.165) is 0 Å². The first kappa shape index (κ1) is 25.6. The summed E-state index contributed by atoms with van der Waals surface area (Å²) in [5.41, 5.74) is 1.31. The molecule has 0 aliphatic rings. The minimum Gasteiger partial charge on any atom is -0.490 e. The van der Waals surface area contributed by atoms with Crippen molar-refractivity contribution in [1.82, 2.24) is 0 Å². The fraction of sp³-hybridized carbons (Fsp3) is 0.120. The average Bonchev–Trinajstić information content (AvgIpc) is 2.83. The number of hydrogen-bond acceptors (Lipinski definition) is 6. The van der Waals surface area contributed by atoms with E-state index in [0.29, 0.717) is 34.2 Å². The number of nitro benzene ring substituents is 1. The third-order valence-corrected chi connectivity index (χ3v) is 5.15. The Morgan fingerprint density at radius 2 is 1.89 bits per heavy atom. The second-order valence-corrected chi connectivity index (χ2v) is 7.95. The van der Waals surface area contributed by atoms with Crippen molar-refractivity contribution in [3.8, 4) is 17.6 Å². The Hall–Kier alpha value is -4.06. The fourth-order valence-corrected chi connectivity index (χ4v) is 3.44. The highest BCUT2D eigenvalue weighted by atomic mass is 35.5. The number of nitrogens with one attached hydrogen (secondary N) is 1. The first-order valence-corrected chi connectivity index (χ1v) is 11.1. The molecule has 8 nitrogen and oxygen atoms in total. The zero-order valence-electron chi connectivity index (χ0n) is 18.5. The first-order valence-electron chi connectivity index (χ1n) is 10.3. The zero-order chi connectivity index (χ0) is 25.4. The number of rotatable bonds is 9. The lowest BCUT2D eigenvalue weighted by Crippen LogP contribution is -2.13. The Balaban J connectivity index is 1.84. The molecule has 1 amide bonds. The second kappa shape index (κ2) is 11.9. The number of anilines is 1. The van der Waals surface area contributed by atoms with Crippen molar-refractivity contribution in [1.29, 1.82) is 5.26 Å². The molecule has 0 saturated heterocycles. The highest BCUT2D eigenvalue weighted by molar-refractivity contribution is 6.32. The Bertz CT molecular complexity index is 1320. The van der Waals surface area contributed by atoms with Crippen molar-refractivity contribution >= 4 is 46.6 Å². The number of amides is 1. The minimum atomic E-state index is -0.602. The number of benzene rings is 3. The van der Waals surface area contributed by atoms with Gasteiger partial charge in [-0.25, -0.2) is 0 Å². The van der Waals surface area contributed by atoms with Crippen molar-refractivity contribution in [2.75, 3.05) is 11.9 Å². The van der Waals surface area contributed by atoms with E-state index < -0.39 is 10.8 Å². The van der Waals surface area contributed by atoms with Crippen LogP contribution >= 0.6 is 23.2 Å². The van der Waals surface area contributed by atoms with Crippen LogP contribution in [0.3, 0.4) is 0 Å². The summed E-state index contributed by atoms with van der Waals surface area (Å²) in [6, 6.07) is 17.5. The molecule has 0 radical (unpaired) electrons. The second-order valence-electron chi connectivity index (χ2n) is 7.11. The molecule has 35 heavy (non-hydrogen) atoms. The van der Waals surface area contributed by atoms with E-state index in [1.807, 2.05) is 6.07 Å². The summed E-state index contributed by atoms with van der Waals surface area (Å²) < 4.78 is 11.5. The van der Waals surface area contributed by atoms with Crippen LogP contribution in [0, 0.1) is 21.4 Å². The van der Waals surface area contributed by atoms with Gasteiger partial charge in [0.2, 0.25) is 0 Å². The smallest absolute Gasteiger partial charge is 0.269 e. The molecule has 0 aromatic heterocycles. The lowest BCUT2D eigenvalue weighted by Gasteiger charge is -2.15. The minimum absolute atomic E-state index is 0.0175. The molecule has 3 rings (SSSR count). The summed E-state index contributed by atoms with van der Waals surface area (Å²) in [5.74, 6) is -0.0664. The Labute approximate surface area is 211 Å². The maximum Gasteiger partial charge on any atom is 0.269 e. The summed E-state index contributed by atoms with van der Waals surface area (Å²) in [6.07, 6.45) is 1.38. The van der Waals surface area contributed by atoms with Crippen molar-refractivity contribution in [2.24, 2.45) is 0 Å². The third kappa shape index (κ3) is 6.96. The van der Waals surface area contributed by atoms with Crippen molar-refractivity contribution < 1.29 is 19.2 Å². The maximum absolute atomic E-state index is 12.6. The van der Waals surface area contributed by atoms with E-state index in [-0.39, 0.29) is 28.6 Å².